The van der Waals surface area contributed by atoms with Gasteiger partial charge in [-0.05, 0) is 25.7 Å². The Morgan fingerprint density at radius 3 is 2.30 bits per heavy atom. The quantitative estimate of drug-likeness (QED) is 0.0329. The van der Waals surface area contributed by atoms with Crippen molar-refractivity contribution >= 4 is 69.1 Å². The number of fused-ring (bicyclic) bond motifs is 1. The molecule has 0 bridgehead atoms. The van der Waals surface area contributed by atoms with Crippen LogP contribution in [-0.2, 0) is 50.7 Å². The van der Waals surface area contributed by atoms with Crippen LogP contribution in [0.5, 0.6) is 0 Å². The van der Waals surface area contributed by atoms with Gasteiger partial charge in [-0.15, -0.1) is 0 Å². The van der Waals surface area contributed by atoms with Crippen LogP contribution in [0.25, 0.3) is 11.2 Å². The standard InChI is InChI=1S/C35H56N7O18P3S/c1-4-5-6-7-8-9-10-11-12-13-23(43)18-26(45)64-17-16-37-25(44)14-15-38-33(48)30(47)35(2,3)20-57-63(54,55)60-62(52,53)56-19-24-29(59-61(49,50)51)28(46)34(58-24)42-22-41-27-31(36)39-21-40-32(27)42/h5-6,8-9,11-12,21-24,28-30,34,43,46-47H,4,7,10,13-20H2,1-3H3,(H,37,44)(H,38,48)(H,52,53)(H,54,55)(H2,36,39,40)(H2,49,50,51)/b6-5+,9-8+,12-11+. The molecular weight excluding hydrogens is 931 g/mol. The Morgan fingerprint density at radius 1 is 0.969 bits per heavy atom. The fraction of sp³-hybridized carbons (Fsp3) is 0.600. The van der Waals surface area contributed by atoms with E-state index in [1.54, 1.807) is 0 Å². The Balaban J connectivity index is 1.38. The summed E-state index contributed by atoms with van der Waals surface area (Å²) in [5.41, 5.74) is 4.23. The number of rotatable bonds is 28. The summed E-state index contributed by atoms with van der Waals surface area (Å²) in [6.07, 6.45) is 6.95. The number of phosphoric ester groups is 3. The van der Waals surface area contributed by atoms with E-state index in [9.17, 15) is 63.0 Å². The molecule has 2 aromatic heterocycles. The number of ether oxygens (including phenoxy) is 1. The molecule has 1 aliphatic rings. The van der Waals surface area contributed by atoms with Crippen LogP contribution in [0.1, 0.15) is 65.5 Å². The molecule has 0 aromatic carbocycles. The second-order valence-electron chi connectivity index (χ2n) is 14.7. The number of carbonyl (C=O) groups excluding carboxylic acids is 3. The summed E-state index contributed by atoms with van der Waals surface area (Å²) in [5, 5.41) is 36.3. The normalized spacial score (nSPS) is 21.3. The lowest BCUT2D eigenvalue weighted by atomic mass is 9.87. The van der Waals surface area contributed by atoms with Gasteiger partial charge >= 0.3 is 23.5 Å². The molecule has 8 atom stereocenters. The summed E-state index contributed by atoms with van der Waals surface area (Å²) in [4.78, 5) is 88.1. The monoisotopic (exact) mass is 987 g/mol. The molecule has 8 unspecified atom stereocenters. The average Bonchev–Trinajstić information content (AvgIpc) is 3.76. The van der Waals surface area contributed by atoms with Crippen LogP contribution in [0.2, 0.25) is 0 Å². The highest BCUT2D eigenvalue weighted by molar-refractivity contribution is 8.13. The molecule has 0 aliphatic carbocycles. The van der Waals surface area contributed by atoms with Gasteiger partial charge in [0.1, 0.15) is 36.3 Å². The topological polar surface area (TPSA) is 384 Å². The van der Waals surface area contributed by atoms with E-state index >= 15 is 0 Å². The predicted octanol–water partition coefficient (Wildman–Crippen LogP) is 1.66. The zero-order valence-electron chi connectivity index (χ0n) is 35.1. The Bertz CT molecular complexity index is 2100. The van der Waals surface area contributed by atoms with Crippen molar-refractivity contribution in [3.8, 4) is 0 Å². The van der Waals surface area contributed by atoms with Gasteiger partial charge in [-0.1, -0.05) is 69.0 Å². The number of thioether (sulfide) groups is 1. The number of amides is 2. The molecule has 2 amide bonds. The SMILES string of the molecule is CC/C=C/C/C=C/C/C=C/CC(O)CC(=O)SCCNC(=O)CCNC(=O)C(O)C(C)(C)COP(=O)(O)OP(=O)(O)OCC1OC(n2cnc3c(N)ncnc32)C(O)C1OP(=O)(O)O. The van der Waals surface area contributed by atoms with Crippen molar-refractivity contribution in [1.82, 2.24) is 30.2 Å². The van der Waals surface area contributed by atoms with Gasteiger partial charge in [-0.3, -0.25) is 32.5 Å². The summed E-state index contributed by atoms with van der Waals surface area (Å²) < 4.78 is 62.3. The van der Waals surface area contributed by atoms with Crippen LogP contribution in [0.15, 0.2) is 49.1 Å². The Kier molecular flexibility index (Phi) is 22.0. The van der Waals surface area contributed by atoms with E-state index in [-0.39, 0.29) is 53.8 Å². The summed E-state index contributed by atoms with van der Waals surface area (Å²) in [5.74, 6) is -1.28. The Labute approximate surface area is 372 Å². The van der Waals surface area contributed by atoms with E-state index in [4.69, 9.17) is 19.5 Å². The van der Waals surface area contributed by atoms with Crippen molar-refractivity contribution in [2.45, 2.75) is 96.0 Å². The molecule has 360 valence electrons. The number of aliphatic hydroxyl groups excluding tert-OH is 3. The largest absolute Gasteiger partial charge is 0.481 e. The molecule has 1 saturated heterocycles. The molecule has 25 nitrogen and oxygen atoms in total. The van der Waals surface area contributed by atoms with E-state index in [0.717, 1.165) is 48.2 Å². The maximum Gasteiger partial charge on any atom is 0.481 e. The molecule has 1 fully saturated rings. The van der Waals surface area contributed by atoms with E-state index in [1.807, 2.05) is 24.3 Å². The van der Waals surface area contributed by atoms with E-state index < -0.39 is 90.7 Å². The molecule has 29 heteroatoms. The number of aliphatic hydroxyl groups is 3. The summed E-state index contributed by atoms with van der Waals surface area (Å²) >= 11 is 0.954. The van der Waals surface area contributed by atoms with Gasteiger partial charge in [0.15, 0.2) is 22.8 Å². The van der Waals surface area contributed by atoms with Crippen molar-refractivity contribution in [2.24, 2.45) is 5.41 Å². The molecule has 0 radical (unpaired) electrons. The lowest BCUT2D eigenvalue weighted by Gasteiger charge is -2.30. The molecular formula is C35H56N7O18P3S. The molecule has 2 aromatic rings. The van der Waals surface area contributed by atoms with Crippen LogP contribution >= 0.6 is 35.2 Å². The van der Waals surface area contributed by atoms with Crippen molar-refractivity contribution in [3.05, 3.63) is 49.1 Å². The number of nitrogens with one attached hydrogen (secondary N) is 2. The van der Waals surface area contributed by atoms with Crippen LogP contribution in [0.3, 0.4) is 0 Å². The van der Waals surface area contributed by atoms with E-state index in [2.05, 4.69) is 53.5 Å². The van der Waals surface area contributed by atoms with Gasteiger partial charge in [0.2, 0.25) is 11.8 Å². The second-order valence-corrected chi connectivity index (χ2v) is 20.1. The van der Waals surface area contributed by atoms with Gasteiger partial charge in [0.25, 0.3) is 0 Å². The van der Waals surface area contributed by atoms with Crippen molar-refractivity contribution in [1.29, 1.82) is 0 Å². The zero-order chi connectivity index (χ0) is 47.7. The number of nitrogens with zero attached hydrogens (tertiary/aromatic N) is 4. The number of nitrogens with two attached hydrogens (primary N) is 1. The highest BCUT2D eigenvalue weighted by atomic mass is 32.2. The highest BCUT2D eigenvalue weighted by Crippen LogP contribution is 2.61. The number of allylic oxidation sites excluding steroid dienone is 5. The van der Waals surface area contributed by atoms with Gasteiger partial charge in [-0.25, -0.2) is 28.6 Å². The Hall–Kier alpha value is -3.26. The fourth-order valence-electron chi connectivity index (χ4n) is 5.59. The van der Waals surface area contributed by atoms with Crippen molar-refractivity contribution < 1.29 is 85.6 Å². The molecule has 11 N–H and O–H groups in total. The number of carbonyl (C=O) groups is 3. The third kappa shape index (κ3) is 18.9. The number of phosphoric acid groups is 3. The summed E-state index contributed by atoms with van der Waals surface area (Å²) in [6.45, 7) is 2.40. The highest BCUT2D eigenvalue weighted by Gasteiger charge is 2.50. The fourth-order valence-corrected chi connectivity index (χ4v) is 9.16. The van der Waals surface area contributed by atoms with Gasteiger partial charge in [0, 0.05) is 37.1 Å². The maximum absolute atomic E-state index is 12.7. The lowest BCUT2D eigenvalue weighted by Crippen LogP contribution is -2.46. The molecule has 1 aliphatic heterocycles. The molecule has 3 rings (SSSR count). The third-order valence-corrected chi connectivity index (χ3v) is 12.9. The summed E-state index contributed by atoms with van der Waals surface area (Å²) in [6, 6.07) is 0. The van der Waals surface area contributed by atoms with Crippen molar-refractivity contribution in [2.75, 3.05) is 37.8 Å². The van der Waals surface area contributed by atoms with E-state index in [0.29, 0.717) is 6.42 Å². The minimum atomic E-state index is -5.59. The first kappa shape index (κ1) is 55.1. The van der Waals surface area contributed by atoms with Crippen LogP contribution in [0, 0.1) is 5.41 Å². The van der Waals surface area contributed by atoms with Crippen molar-refractivity contribution in [3.63, 3.8) is 0 Å². The second kappa shape index (κ2) is 25.6. The molecule has 3 heterocycles. The average molecular weight is 988 g/mol. The van der Waals surface area contributed by atoms with Gasteiger partial charge < -0.3 is 56.0 Å². The van der Waals surface area contributed by atoms with E-state index in [1.165, 1.54) is 13.8 Å². The number of hydrogen-bond donors (Lipinski definition) is 10. The smallest absolute Gasteiger partial charge is 0.392 e. The number of anilines is 1. The lowest BCUT2D eigenvalue weighted by molar-refractivity contribution is -0.137. The molecule has 0 spiro atoms. The maximum atomic E-state index is 12.7. The van der Waals surface area contributed by atoms with Gasteiger partial charge in [0.05, 0.1) is 25.6 Å². The number of hydrogen-bond acceptors (Lipinski definition) is 19. The number of imidazole rings is 1. The first-order valence-corrected chi connectivity index (χ1v) is 25.1. The zero-order valence-corrected chi connectivity index (χ0v) is 38.6. The number of aromatic nitrogens is 4. The predicted molar refractivity (Wildman–Crippen MR) is 229 cm³/mol. The van der Waals surface area contributed by atoms with Crippen LogP contribution in [0.4, 0.5) is 5.82 Å². The summed E-state index contributed by atoms with van der Waals surface area (Å²) in [7, 11) is -16.4. The molecule has 64 heavy (non-hydrogen) atoms. The van der Waals surface area contributed by atoms with Gasteiger partial charge in [-0.2, -0.15) is 4.31 Å². The first-order valence-electron chi connectivity index (χ1n) is 19.6. The first-order chi connectivity index (χ1) is 29.9. The third-order valence-electron chi connectivity index (χ3n) is 8.86. The minimum Gasteiger partial charge on any atom is -0.392 e. The minimum absolute atomic E-state index is 0.0247. The van der Waals surface area contributed by atoms with Crippen LogP contribution in [-0.4, -0.2) is 134 Å². The number of nitrogen functional groups attached to an aromatic ring is 1. The Morgan fingerprint density at radius 2 is 1.62 bits per heavy atom. The van der Waals surface area contributed by atoms with Crippen LogP contribution < -0.4 is 16.4 Å². The molecule has 0 saturated carbocycles.